The van der Waals surface area contributed by atoms with Crippen LogP contribution in [0.1, 0.15) is 54.3 Å². The van der Waals surface area contributed by atoms with Crippen LogP contribution in [-0.2, 0) is 9.53 Å². The fraction of sp³-hybridized carbons (Fsp3) is 0.706. The second kappa shape index (κ2) is 5.65. The van der Waals surface area contributed by atoms with Crippen LogP contribution >= 0.6 is 0 Å². The molecule has 0 atom stereocenters. The van der Waals surface area contributed by atoms with Crippen molar-refractivity contribution in [1.82, 2.24) is 15.3 Å². The smallest absolute Gasteiger partial charge is 0.325 e. The van der Waals surface area contributed by atoms with E-state index in [9.17, 15) is 9.59 Å². The zero-order valence-corrected chi connectivity index (χ0v) is 13.4. The highest BCUT2D eigenvalue weighted by atomic mass is 16.5. The Balaban J connectivity index is 1.46. The van der Waals surface area contributed by atoms with Crippen LogP contribution in [0.4, 0.5) is 0 Å². The van der Waals surface area contributed by atoms with Gasteiger partial charge < -0.3 is 15.0 Å². The van der Waals surface area contributed by atoms with E-state index in [1.165, 1.54) is 39.2 Å². The number of imidazole rings is 1. The molecule has 4 aliphatic rings. The average Bonchev–Trinajstić information content (AvgIpc) is 3.01. The van der Waals surface area contributed by atoms with E-state index in [4.69, 9.17) is 0 Å². The maximum absolute atomic E-state index is 12.1. The Morgan fingerprint density at radius 2 is 1.87 bits per heavy atom. The lowest BCUT2D eigenvalue weighted by Crippen LogP contribution is -2.44. The Hall–Kier alpha value is -1.85. The Kier molecular flexibility index (Phi) is 3.62. The van der Waals surface area contributed by atoms with Gasteiger partial charge >= 0.3 is 5.97 Å². The van der Waals surface area contributed by atoms with Crippen LogP contribution < -0.4 is 5.32 Å². The highest BCUT2D eigenvalue weighted by Crippen LogP contribution is 2.59. The Bertz CT molecular complexity index is 596. The molecule has 1 heterocycles. The van der Waals surface area contributed by atoms with Gasteiger partial charge in [0.05, 0.1) is 13.3 Å². The number of H-pyrrole nitrogens is 1. The summed E-state index contributed by atoms with van der Waals surface area (Å²) in [5, 5.41) is 2.55. The average molecular weight is 317 g/mol. The van der Waals surface area contributed by atoms with Crippen molar-refractivity contribution in [2.75, 3.05) is 13.7 Å². The van der Waals surface area contributed by atoms with E-state index >= 15 is 0 Å². The topological polar surface area (TPSA) is 84.1 Å². The van der Waals surface area contributed by atoms with Crippen LogP contribution in [0.3, 0.4) is 0 Å². The molecule has 23 heavy (non-hydrogen) atoms. The van der Waals surface area contributed by atoms with Gasteiger partial charge in [-0.1, -0.05) is 0 Å². The molecule has 124 valence electrons. The Morgan fingerprint density at radius 1 is 1.22 bits per heavy atom. The maximum atomic E-state index is 12.1. The van der Waals surface area contributed by atoms with Gasteiger partial charge in [0.1, 0.15) is 18.1 Å². The van der Waals surface area contributed by atoms with Crippen molar-refractivity contribution < 1.29 is 14.3 Å². The first kappa shape index (κ1) is 14.7. The predicted octanol–water partition coefficient (Wildman–Crippen LogP) is 1.85. The lowest BCUT2D eigenvalue weighted by atomic mass is 9.52. The van der Waals surface area contributed by atoms with Gasteiger partial charge in [-0.25, -0.2) is 4.98 Å². The second-order valence-electron chi connectivity index (χ2n) is 7.40. The summed E-state index contributed by atoms with van der Waals surface area (Å²) in [6, 6.07) is 0. The lowest BCUT2D eigenvalue weighted by Gasteiger charge is -2.53. The standard InChI is InChI=1S/C17H23N3O3/c1-23-14(21)8-19-17(22)13-7-18-16(20-13)15-11-3-9-2-10(5-11)6-12(15)4-9/h7,9-12,15H,2-6,8H2,1H3,(H,18,20)(H,19,22). The number of aromatic nitrogens is 2. The number of amides is 1. The molecule has 5 rings (SSSR count). The van der Waals surface area contributed by atoms with Crippen LogP contribution in [0, 0.1) is 23.7 Å². The summed E-state index contributed by atoms with van der Waals surface area (Å²) in [5.41, 5.74) is 0.428. The third-order valence-electron chi connectivity index (χ3n) is 6.00. The molecule has 0 radical (unpaired) electrons. The minimum atomic E-state index is -0.459. The van der Waals surface area contributed by atoms with Crippen LogP contribution in [0.15, 0.2) is 6.20 Å². The van der Waals surface area contributed by atoms with E-state index in [0.717, 1.165) is 29.5 Å². The number of hydrogen-bond acceptors (Lipinski definition) is 4. The molecule has 0 aromatic carbocycles. The number of nitrogens with zero attached hydrogens (tertiary/aromatic N) is 1. The number of hydrogen-bond donors (Lipinski definition) is 2. The number of carbonyl (C=O) groups excluding carboxylic acids is 2. The molecule has 0 unspecified atom stereocenters. The molecule has 4 aliphatic carbocycles. The molecule has 0 saturated heterocycles. The van der Waals surface area contributed by atoms with Crippen molar-refractivity contribution in [2.45, 2.75) is 38.0 Å². The van der Waals surface area contributed by atoms with Gasteiger partial charge in [0.15, 0.2) is 0 Å². The second-order valence-corrected chi connectivity index (χ2v) is 7.40. The summed E-state index contributed by atoms with van der Waals surface area (Å²) in [6.45, 7) is -0.123. The van der Waals surface area contributed by atoms with Gasteiger partial charge in [0.2, 0.25) is 0 Å². The minimum absolute atomic E-state index is 0.123. The first-order chi connectivity index (χ1) is 11.1. The van der Waals surface area contributed by atoms with E-state index < -0.39 is 5.97 Å². The third-order valence-corrected chi connectivity index (χ3v) is 6.00. The molecule has 6 nitrogen and oxygen atoms in total. The number of aromatic amines is 1. The molecular weight excluding hydrogens is 294 g/mol. The molecule has 2 N–H and O–H groups in total. The van der Waals surface area contributed by atoms with Crippen molar-refractivity contribution in [3.8, 4) is 0 Å². The van der Waals surface area contributed by atoms with E-state index in [-0.39, 0.29) is 12.5 Å². The van der Waals surface area contributed by atoms with E-state index in [2.05, 4.69) is 20.0 Å². The highest BCUT2D eigenvalue weighted by Gasteiger charge is 2.49. The number of esters is 1. The molecular formula is C17H23N3O3. The fourth-order valence-corrected chi connectivity index (χ4v) is 5.31. The Morgan fingerprint density at radius 3 is 2.48 bits per heavy atom. The number of ether oxygens (including phenoxy) is 1. The number of methoxy groups -OCH3 is 1. The zero-order valence-electron chi connectivity index (χ0n) is 13.4. The summed E-state index contributed by atoms with van der Waals surface area (Å²) < 4.78 is 4.52. The monoisotopic (exact) mass is 317 g/mol. The first-order valence-corrected chi connectivity index (χ1v) is 8.54. The van der Waals surface area contributed by atoms with Gasteiger partial charge in [-0.05, 0) is 55.8 Å². The largest absolute Gasteiger partial charge is 0.468 e. The summed E-state index contributed by atoms with van der Waals surface area (Å²) >= 11 is 0. The maximum Gasteiger partial charge on any atom is 0.325 e. The minimum Gasteiger partial charge on any atom is -0.468 e. The van der Waals surface area contributed by atoms with E-state index in [1.807, 2.05) is 0 Å². The van der Waals surface area contributed by atoms with Gasteiger partial charge in [0.25, 0.3) is 5.91 Å². The van der Waals surface area contributed by atoms with Crippen molar-refractivity contribution in [2.24, 2.45) is 23.7 Å². The SMILES string of the molecule is COC(=O)CNC(=O)c1cnc(C2C3CC4CC(C3)CC2C4)[nH]1. The van der Waals surface area contributed by atoms with Crippen LogP contribution in [0.25, 0.3) is 0 Å². The number of nitrogens with one attached hydrogen (secondary N) is 2. The molecule has 1 aromatic heterocycles. The van der Waals surface area contributed by atoms with Crippen molar-refractivity contribution in [3.05, 3.63) is 17.7 Å². The summed E-state index contributed by atoms with van der Waals surface area (Å²) in [6.07, 6.45) is 8.31. The van der Waals surface area contributed by atoms with Crippen LogP contribution in [0.5, 0.6) is 0 Å². The van der Waals surface area contributed by atoms with Gasteiger partial charge in [0, 0.05) is 5.92 Å². The van der Waals surface area contributed by atoms with Crippen LogP contribution in [-0.4, -0.2) is 35.5 Å². The third kappa shape index (κ3) is 2.64. The summed E-state index contributed by atoms with van der Waals surface area (Å²) in [5.74, 6) is 3.97. The quantitative estimate of drug-likeness (QED) is 0.830. The molecule has 1 aromatic rings. The fourth-order valence-electron chi connectivity index (χ4n) is 5.31. The van der Waals surface area contributed by atoms with E-state index in [1.54, 1.807) is 6.20 Å². The first-order valence-electron chi connectivity index (χ1n) is 8.54. The Labute approximate surface area is 135 Å². The van der Waals surface area contributed by atoms with Crippen molar-refractivity contribution >= 4 is 11.9 Å². The summed E-state index contributed by atoms with van der Waals surface area (Å²) in [4.78, 5) is 30.9. The molecule has 4 bridgehead atoms. The molecule has 1 amide bonds. The molecule has 0 aliphatic heterocycles. The highest BCUT2D eigenvalue weighted by molar-refractivity contribution is 5.94. The normalized spacial score (nSPS) is 34.4. The van der Waals surface area contributed by atoms with E-state index in [0.29, 0.717) is 11.6 Å². The van der Waals surface area contributed by atoms with Gasteiger partial charge in [-0.2, -0.15) is 0 Å². The van der Waals surface area contributed by atoms with Crippen LogP contribution in [0.2, 0.25) is 0 Å². The van der Waals surface area contributed by atoms with Crippen molar-refractivity contribution in [3.63, 3.8) is 0 Å². The molecule has 4 saturated carbocycles. The predicted molar refractivity (Wildman–Crippen MR) is 82.7 cm³/mol. The van der Waals surface area contributed by atoms with Crippen molar-refractivity contribution in [1.29, 1.82) is 0 Å². The lowest BCUT2D eigenvalue weighted by molar-refractivity contribution is -0.139. The molecule has 4 fully saturated rings. The molecule has 6 heteroatoms. The van der Waals surface area contributed by atoms with Gasteiger partial charge in [-0.3, -0.25) is 9.59 Å². The summed E-state index contributed by atoms with van der Waals surface area (Å²) in [7, 11) is 1.30. The number of carbonyl (C=O) groups is 2. The zero-order chi connectivity index (χ0) is 16.0. The molecule has 0 spiro atoms. The number of rotatable bonds is 4. The van der Waals surface area contributed by atoms with Gasteiger partial charge in [-0.15, -0.1) is 0 Å².